The molecule has 3 aromatic rings. The second kappa shape index (κ2) is 10.8. The first kappa shape index (κ1) is 20.3. The van der Waals surface area contributed by atoms with E-state index >= 15 is 0 Å². The van der Waals surface area contributed by atoms with Crippen LogP contribution in [0.25, 0.3) is 0 Å². The van der Waals surface area contributed by atoms with Gasteiger partial charge in [0.2, 0.25) is 0 Å². The van der Waals surface area contributed by atoms with Crippen molar-refractivity contribution in [3.05, 3.63) is 102 Å². The average molecular weight is 388 g/mol. The summed E-state index contributed by atoms with van der Waals surface area (Å²) in [7, 11) is 0. The van der Waals surface area contributed by atoms with Crippen LogP contribution >= 0.6 is 0 Å². The molecule has 0 aromatic heterocycles. The van der Waals surface area contributed by atoms with Crippen LogP contribution in [-0.4, -0.2) is 18.5 Å². The summed E-state index contributed by atoms with van der Waals surface area (Å²) in [5.41, 5.74) is 2.76. The fourth-order valence-corrected chi connectivity index (χ4v) is 2.90. The molecule has 0 bridgehead atoms. The van der Waals surface area contributed by atoms with E-state index in [4.69, 9.17) is 9.47 Å². The van der Waals surface area contributed by atoms with Crippen molar-refractivity contribution in [3.8, 4) is 5.75 Å². The maximum absolute atomic E-state index is 12.1. The monoisotopic (exact) mass is 388 g/mol. The number of carbonyl (C=O) groups excluding carboxylic acids is 2. The lowest BCUT2D eigenvalue weighted by atomic mass is 10.1. The Balaban J connectivity index is 1.39. The summed E-state index contributed by atoms with van der Waals surface area (Å²) in [4.78, 5) is 24.1. The SMILES string of the molecule is O=C(CCc1ccccc1)Oc1ccc(C(=O)OCCCc2ccccc2)cc1. The zero-order valence-electron chi connectivity index (χ0n) is 16.3. The molecule has 0 saturated heterocycles. The van der Waals surface area contributed by atoms with Gasteiger partial charge in [-0.25, -0.2) is 4.79 Å². The number of hydrogen-bond donors (Lipinski definition) is 0. The van der Waals surface area contributed by atoms with Crippen LogP contribution in [-0.2, 0) is 22.4 Å². The Morgan fingerprint density at radius 3 is 1.90 bits per heavy atom. The smallest absolute Gasteiger partial charge is 0.338 e. The third kappa shape index (κ3) is 6.92. The highest BCUT2D eigenvalue weighted by molar-refractivity contribution is 5.89. The average Bonchev–Trinajstić information content (AvgIpc) is 2.77. The van der Waals surface area contributed by atoms with E-state index in [1.54, 1.807) is 24.3 Å². The van der Waals surface area contributed by atoms with E-state index in [0.29, 0.717) is 30.8 Å². The van der Waals surface area contributed by atoms with Crippen molar-refractivity contribution in [2.45, 2.75) is 25.7 Å². The standard InChI is InChI=1S/C25H24O4/c26-24(18-13-21-10-5-2-6-11-21)29-23-16-14-22(15-17-23)25(27)28-19-7-12-20-8-3-1-4-9-20/h1-6,8-11,14-17H,7,12-13,18-19H2. The molecule has 0 aliphatic carbocycles. The molecule has 3 rings (SSSR count). The van der Waals surface area contributed by atoms with Gasteiger partial charge in [0.05, 0.1) is 12.2 Å². The molecule has 0 N–H and O–H groups in total. The Labute approximate surface area is 171 Å². The lowest BCUT2D eigenvalue weighted by Crippen LogP contribution is -2.10. The van der Waals surface area contributed by atoms with E-state index in [1.165, 1.54) is 5.56 Å². The third-order valence-electron chi connectivity index (χ3n) is 4.47. The molecule has 3 aromatic carbocycles. The number of esters is 2. The molecule has 0 fully saturated rings. The molecule has 0 heterocycles. The molecular weight excluding hydrogens is 364 g/mol. The van der Waals surface area contributed by atoms with Crippen LogP contribution in [0.2, 0.25) is 0 Å². The molecule has 29 heavy (non-hydrogen) atoms. The van der Waals surface area contributed by atoms with Crippen LogP contribution in [0.15, 0.2) is 84.9 Å². The van der Waals surface area contributed by atoms with E-state index in [9.17, 15) is 9.59 Å². The largest absolute Gasteiger partial charge is 0.462 e. The fourth-order valence-electron chi connectivity index (χ4n) is 2.90. The van der Waals surface area contributed by atoms with Gasteiger partial charge in [-0.05, 0) is 54.7 Å². The highest BCUT2D eigenvalue weighted by Crippen LogP contribution is 2.15. The van der Waals surface area contributed by atoms with Crippen molar-refractivity contribution in [3.63, 3.8) is 0 Å². The van der Waals surface area contributed by atoms with Gasteiger partial charge in [-0.1, -0.05) is 60.7 Å². The molecule has 4 nitrogen and oxygen atoms in total. The van der Waals surface area contributed by atoms with E-state index < -0.39 is 0 Å². The number of aryl methyl sites for hydroxylation is 2. The first-order chi connectivity index (χ1) is 14.2. The van der Waals surface area contributed by atoms with Crippen molar-refractivity contribution < 1.29 is 19.1 Å². The van der Waals surface area contributed by atoms with E-state index in [-0.39, 0.29) is 11.9 Å². The molecule has 0 unspecified atom stereocenters. The normalized spacial score (nSPS) is 10.3. The van der Waals surface area contributed by atoms with E-state index in [1.807, 2.05) is 48.5 Å². The van der Waals surface area contributed by atoms with Crippen molar-refractivity contribution in [1.82, 2.24) is 0 Å². The Bertz CT molecular complexity index is 903. The Morgan fingerprint density at radius 1 is 0.690 bits per heavy atom. The second-order valence-corrected chi connectivity index (χ2v) is 6.71. The zero-order chi connectivity index (χ0) is 20.3. The van der Waals surface area contributed by atoms with Crippen molar-refractivity contribution in [2.75, 3.05) is 6.61 Å². The van der Waals surface area contributed by atoms with Crippen LogP contribution in [0, 0.1) is 0 Å². The predicted octanol–water partition coefficient (Wildman–Crippen LogP) is 5.01. The molecule has 0 spiro atoms. The fraction of sp³-hybridized carbons (Fsp3) is 0.200. The van der Waals surface area contributed by atoms with Gasteiger partial charge >= 0.3 is 11.9 Å². The first-order valence-corrected chi connectivity index (χ1v) is 9.76. The number of hydrogen-bond acceptors (Lipinski definition) is 4. The Hall–Kier alpha value is -3.40. The summed E-state index contributed by atoms with van der Waals surface area (Å²) < 4.78 is 10.6. The Kier molecular flexibility index (Phi) is 7.58. The summed E-state index contributed by atoms with van der Waals surface area (Å²) in [5, 5.41) is 0. The van der Waals surface area contributed by atoms with Gasteiger partial charge in [0.15, 0.2) is 0 Å². The molecule has 0 amide bonds. The number of carbonyl (C=O) groups is 2. The molecule has 0 aliphatic heterocycles. The van der Waals surface area contributed by atoms with Gasteiger partial charge in [-0.15, -0.1) is 0 Å². The summed E-state index contributed by atoms with van der Waals surface area (Å²) in [5.74, 6) is -0.256. The minimum absolute atomic E-state index is 0.301. The summed E-state index contributed by atoms with van der Waals surface area (Å²) >= 11 is 0. The molecule has 4 heteroatoms. The van der Waals surface area contributed by atoms with Crippen LogP contribution in [0.5, 0.6) is 5.75 Å². The molecule has 0 saturated carbocycles. The van der Waals surface area contributed by atoms with Gasteiger partial charge in [-0.3, -0.25) is 4.79 Å². The minimum Gasteiger partial charge on any atom is -0.462 e. The second-order valence-electron chi connectivity index (χ2n) is 6.71. The van der Waals surface area contributed by atoms with Gasteiger partial charge in [0.1, 0.15) is 5.75 Å². The first-order valence-electron chi connectivity index (χ1n) is 9.76. The summed E-state index contributed by atoms with van der Waals surface area (Å²) in [6.07, 6.45) is 2.57. The van der Waals surface area contributed by atoms with E-state index in [0.717, 1.165) is 18.4 Å². The third-order valence-corrected chi connectivity index (χ3v) is 4.47. The van der Waals surface area contributed by atoms with Crippen molar-refractivity contribution in [2.24, 2.45) is 0 Å². The molecule has 0 radical (unpaired) electrons. The van der Waals surface area contributed by atoms with Crippen LogP contribution in [0.3, 0.4) is 0 Å². The summed E-state index contributed by atoms with van der Waals surface area (Å²) in [6.45, 7) is 0.365. The van der Waals surface area contributed by atoms with Crippen molar-refractivity contribution >= 4 is 11.9 Å². The highest BCUT2D eigenvalue weighted by Gasteiger charge is 2.09. The van der Waals surface area contributed by atoms with Crippen LogP contribution in [0.4, 0.5) is 0 Å². The van der Waals surface area contributed by atoms with Gasteiger partial charge in [0, 0.05) is 6.42 Å². The maximum Gasteiger partial charge on any atom is 0.338 e. The number of benzene rings is 3. The predicted molar refractivity (Wildman–Crippen MR) is 112 cm³/mol. The lowest BCUT2D eigenvalue weighted by molar-refractivity contribution is -0.134. The number of rotatable bonds is 9. The van der Waals surface area contributed by atoms with Gasteiger partial charge in [-0.2, -0.15) is 0 Å². The number of ether oxygens (including phenoxy) is 2. The molecule has 0 aliphatic rings. The van der Waals surface area contributed by atoms with Gasteiger partial charge < -0.3 is 9.47 Å². The molecule has 0 atom stereocenters. The maximum atomic E-state index is 12.1. The lowest BCUT2D eigenvalue weighted by Gasteiger charge is -2.07. The molecule has 148 valence electrons. The zero-order valence-corrected chi connectivity index (χ0v) is 16.3. The highest BCUT2D eigenvalue weighted by atomic mass is 16.5. The van der Waals surface area contributed by atoms with E-state index in [2.05, 4.69) is 12.1 Å². The summed E-state index contributed by atoms with van der Waals surface area (Å²) in [6, 6.07) is 26.3. The minimum atomic E-state index is -0.375. The van der Waals surface area contributed by atoms with Gasteiger partial charge in [0.25, 0.3) is 0 Å². The molecular formula is C25H24O4. The topological polar surface area (TPSA) is 52.6 Å². The Morgan fingerprint density at radius 2 is 1.28 bits per heavy atom. The van der Waals surface area contributed by atoms with Crippen molar-refractivity contribution in [1.29, 1.82) is 0 Å². The van der Waals surface area contributed by atoms with Crippen LogP contribution in [0.1, 0.15) is 34.3 Å². The quantitative estimate of drug-likeness (QED) is 0.294. The van der Waals surface area contributed by atoms with Crippen LogP contribution < -0.4 is 4.74 Å².